The molecule has 0 aliphatic carbocycles. The van der Waals surface area contributed by atoms with Gasteiger partial charge in [-0.25, -0.2) is 0 Å². The van der Waals surface area contributed by atoms with Gasteiger partial charge >= 0.3 is 0 Å². The largest absolute Gasteiger partial charge is 0.396 e. The summed E-state index contributed by atoms with van der Waals surface area (Å²) in [6.07, 6.45) is 4.51. The van der Waals surface area contributed by atoms with Crippen LogP contribution in [0.1, 0.15) is 12.0 Å². The number of hydrogen-bond acceptors (Lipinski definition) is 4. The molecule has 2 rings (SSSR count). The molecule has 0 bridgehead atoms. The molecule has 2 N–H and O–H groups in total. The van der Waals surface area contributed by atoms with Gasteiger partial charge in [0.05, 0.1) is 0 Å². The number of aromatic nitrogens is 1. The Hall–Kier alpha value is -0.970. The highest BCUT2D eigenvalue weighted by Gasteiger charge is 2.21. The molecule has 1 aromatic heterocycles. The van der Waals surface area contributed by atoms with Crippen LogP contribution in [0.4, 0.5) is 0 Å². The normalized spacial score (nSPS) is 22.2. The van der Waals surface area contributed by atoms with Crippen molar-refractivity contribution in [1.82, 2.24) is 15.2 Å². The summed E-state index contributed by atoms with van der Waals surface area (Å²) < 4.78 is 0. The van der Waals surface area contributed by atoms with Crippen LogP contribution in [-0.4, -0.2) is 47.3 Å². The number of piperazine rings is 1. The zero-order valence-electron chi connectivity index (χ0n) is 9.47. The number of nitrogens with zero attached hydrogens (tertiary/aromatic N) is 2. The number of rotatable bonds is 4. The highest BCUT2D eigenvalue weighted by Crippen LogP contribution is 2.11. The maximum atomic E-state index is 9.04. The van der Waals surface area contributed by atoms with Gasteiger partial charge in [-0.3, -0.25) is 9.88 Å². The van der Waals surface area contributed by atoms with Gasteiger partial charge in [0.1, 0.15) is 0 Å². The van der Waals surface area contributed by atoms with E-state index in [0.29, 0.717) is 6.04 Å². The maximum absolute atomic E-state index is 9.04. The van der Waals surface area contributed by atoms with Gasteiger partial charge in [0.15, 0.2) is 0 Å². The van der Waals surface area contributed by atoms with Crippen LogP contribution >= 0.6 is 0 Å². The van der Waals surface area contributed by atoms with Gasteiger partial charge in [-0.2, -0.15) is 0 Å². The fourth-order valence-electron chi connectivity index (χ4n) is 2.17. The molecule has 4 nitrogen and oxygen atoms in total. The third kappa shape index (κ3) is 3.01. The standard InChI is InChI=1S/C12H19N3O/c16-8-3-12-9-14-6-7-15(12)10-11-1-4-13-5-2-11/h1-2,4-5,12,14,16H,3,6-10H2. The molecule has 0 spiro atoms. The average molecular weight is 221 g/mol. The monoisotopic (exact) mass is 221 g/mol. The second-order valence-electron chi connectivity index (χ2n) is 4.20. The second kappa shape index (κ2) is 5.94. The predicted molar refractivity (Wildman–Crippen MR) is 63.0 cm³/mol. The van der Waals surface area contributed by atoms with E-state index in [1.54, 1.807) is 0 Å². The maximum Gasteiger partial charge on any atom is 0.0446 e. The number of nitrogens with one attached hydrogen (secondary N) is 1. The summed E-state index contributed by atoms with van der Waals surface area (Å²) in [7, 11) is 0. The van der Waals surface area contributed by atoms with Gasteiger partial charge in [0.25, 0.3) is 0 Å². The van der Waals surface area contributed by atoms with E-state index in [-0.39, 0.29) is 6.61 Å². The highest BCUT2D eigenvalue weighted by atomic mass is 16.3. The number of pyridine rings is 1. The Labute approximate surface area is 96.3 Å². The Morgan fingerprint density at radius 2 is 2.25 bits per heavy atom. The summed E-state index contributed by atoms with van der Waals surface area (Å²) >= 11 is 0. The number of aliphatic hydroxyl groups is 1. The zero-order valence-corrected chi connectivity index (χ0v) is 9.47. The molecule has 0 aromatic carbocycles. The van der Waals surface area contributed by atoms with Gasteiger partial charge < -0.3 is 10.4 Å². The van der Waals surface area contributed by atoms with Crippen LogP contribution in [0.15, 0.2) is 24.5 Å². The van der Waals surface area contributed by atoms with Crippen molar-refractivity contribution in [1.29, 1.82) is 0 Å². The van der Waals surface area contributed by atoms with Crippen LogP contribution in [0.25, 0.3) is 0 Å². The molecule has 0 saturated carbocycles. The van der Waals surface area contributed by atoms with Crippen LogP contribution in [0, 0.1) is 0 Å². The van der Waals surface area contributed by atoms with Crippen LogP contribution in [0.3, 0.4) is 0 Å². The molecule has 1 aromatic rings. The molecule has 1 atom stereocenters. The Morgan fingerprint density at radius 1 is 1.44 bits per heavy atom. The Morgan fingerprint density at radius 3 is 3.00 bits per heavy atom. The van der Waals surface area contributed by atoms with Gasteiger partial charge in [0, 0.05) is 51.2 Å². The lowest BCUT2D eigenvalue weighted by Crippen LogP contribution is -2.51. The van der Waals surface area contributed by atoms with E-state index in [0.717, 1.165) is 32.6 Å². The minimum absolute atomic E-state index is 0.263. The van der Waals surface area contributed by atoms with E-state index in [9.17, 15) is 0 Å². The van der Waals surface area contributed by atoms with Crippen molar-refractivity contribution in [2.24, 2.45) is 0 Å². The Balaban J connectivity index is 1.96. The molecule has 0 radical (unpaired) electrons. The van der Waals surface area contributed by atoms with Crippen molar-refractivity contribution in [3.8, 4) is 0 Å². The van der Waals surface area contributed by atoms with E-state index in [4.69, 9.17) is 5.11 Å². The van der Waals surface area contributed by atoms with Crippen molar-refractivity contribution < 1.29 is 5.11 Å². The van der Waals surface area contributed by atoms with Gasteiger partial charge in [-0.1, -0.05) is 0 Å². The van der Waals surface area contributed by atoms with Crippen molar-refractivity contribution in [2.45, 2.75) is 19.0 Å². The first-order valence-corrected chi connectivity index (χ1v) is 5.84. The molecular formula is C12H19N3O. The molecule has 16 heavy (non-hydrogen) atoms. The topological polar surface area (TPSA) is 48.4 Å². The molecule has 2 heterocycles. The summed E-state index contributed by atoms with van der Waals surface area (Å²) in [4.78, 5) is 6.46. The molecule has 1 fully saturated rings. The third-order valence-corrected chi connectivity index (χ3v) is 3.07. The smallest absolute Gasteiger partial charge is 0.0446 e. The first-order valence-electron chi connectivity index (χ1n) is 5.84. The van der Waals surface area contributed by atoms with Crippen LogP contribution in [0.2, 0.25) is 0 Å². The van der Waals surface area contributed by atoms with E-state index in [1.807, 2.05) is 12.4 Å². The lowest BCUT2D eigenvalue weighted by molar-refractivity contribution is 0.123. The molecule has 1 aliphatic rings. The van der Waals surface area contributed by atoms with Crippen molar-refractivity contribution in [3.63, 3.8) is 0 Å². The average Bonchev–Trinajstić information content (AvgIpc) is 2.33. The van der Waals surface area contributed by atoms with Crippen molar-refractivity contribution in [3.05, 3.63) is 30.1 Å². The minimum Gasteiger partial charge on any atom is -0.396 e. The fraction of sp³-hybridized carbons (Fsp3) is 0.583. The number of aliphatic hydroxyl groups excluding tert-OH is 1. The number of hydrogen-bond donors (Lipinski definition) is 2. The fourth-order valence-corrected chi connectivity index (χ4v) is 2.17. The molecule has 4 heteroatoms. The molecule has 1 aliphatic heterocycles. The van der Waals surface area contributed by atoms with Crippen LogP contribution < -0.4 is 5.32 Å². The Bertz CT molecular complexity index is 302. The van der Waals surface area contributed by atoms with Crippen molar-refractivity contribution in [2.75, 3.05) is 26.2 Å². The summed E-state index contributed by atoms with van der Waals surface area (Å²) in [5.41, 5.74) is 1.29. The lowest BCUT2D eigenvalue weighted by atomic mass is 10.1. The first-order chi connectivity index (χ1) is 7.90. The summed E-state index contributed by atoms with van der Waals surface area (Å²) in [5.74, 6) is 0. The molecular weight excluding hydrogens is 202 g/mol. The van der Waals surface area contributed by atoms with Gasteiger partial charge in [-0.15, -0.1) is 0 Å². The Kier molecular flexibility index (Phi) is 4.27. The molecule has 1 unspecified atom stereocenters. The lowest BCUT2D eigenvalue weighted by Gasteiger charge is -2.36. The first kappa shape index (κ1) is 11.5. The summed E-state index contributed by atoms with van der Waals surface area (Å²) in [6, 6.07) is 4.56. The van der Waals surface area contributed by atoms with E-state index in [2.05, 4.69) is 27.3 Å². The highest BCUT2D eigenvalue weighted by molar-refractivity contribution is 5.09. The zero-order chi connectivity index (χ0) is 11.2. The quantitative estimate of drug-likeness (QED) is 0.764. The van der Waals surface area contributed by atoms with E-state index >= 15 is 0 Å². The SMILES string of the molecule is OCCC1CNCCN1Cc1ccncc1. The molecule has 88 valence electrons. The third-order valence-electron chi connectivity index (χ3n) is 3.07. The van der Waals surface area contributed by atoms with Crippen LogP contribution in [0.5, 0.6) is 0 Å². The minimum atomic E-state index is 0.263. The second-order valence-corrected chi connectivity index (χ2v) is 4.20. The molecule has 1 saturated heterocycles. The van der Waals surface area contributed by atoms with Gasteiger partial charge in [-0.05, 0) is 24.1 Å². The van der Waals surface area contributed by atoms with E-state index in [1.165, 1.54) is 5.56 Å². The molecule has 0 amide bonds. The predicted octanol–water partition coefficient (Wildman–Crippen LogP) is 0.238. The van der Waals surface area contributed by atoms with E-state index < -0.39 is 0 Å². The van der Waals surface area contributed by atoms with Crippen LogP contribution in [-0.2, 0) is 6.54 Å². The van der Waals surface area contributed by atoms with Gasteiger partial charge in [0.2, 0.25) is 0 Å². The summed E-state index contributed by atoms with van der Waals surface area (Å²) in [6.45, 7) is 4.28. The summed E-state index contributed by atoms with van der Waals surface area (Å²) in [5, 5.41) is 12.4. The van der Waals surface area contributed by atoms with Crippen molar-refractivity contribution >= 4 is 0 Å².